The van der Waals surface area contributed by atoms with Gasteiger partial charge in [-0.1, -0.05) is 6.07 Å². The second-order valence-electron chi connectivity index (χ2n) is 5.18. The van der Waals surface area contributed by atoms with Crippen LogP contribution in [0.25, 0.3) is 0 Å². The fourth-order valence-electron chi connectivity index (χ4n) is 2.73. The SMILES string of the molecule is O=C1Cc2cc(CCN3CCNCC3)cc(F)c2N1. The molecule has 1 saturated heterocycles. The molecular formula is C14H18FN3O. The summed E-state index contributed by atoms with van der Waals surface area (Å²) in [4.78, 5) is 13.7. The zero-order valence-electron chi connectivity index (χ0n) is 10.8. The van der Waals surface area contributed by atoms with Crippen LogP contribution in [-0.2, 0) is 17.6 Å². The highest BCUT2D eigenvalue weighted by molar-refractivity contribution is 5.99. The van der Waals surface area contributed by atoms with Crippen LogP contribution in [0.15, 0.2) is 12.1 Å². The number of rotatable bonds is 3. The average molecular weight is 263 g/mol. The van der Waals surface area contributed by atoms with Crippen molar-refractivity contribution in [3.8, 4) is 0 Å². The van der Waals surface area contributed by atoms with Crippen LogP contribution in [0.1, 0.15) is 11.1 Å². The zero-order chi connectivity index (χ0) is 13.2. The maximum atomic E-state index is 13.9. The van der Waals surface area contributed by atoms with E-state index < -0.39 is 0 Å². The number of hydrogen-bond donors (Lipinski definition) is 2. The molecule has 0 atom stereocenters. The number of halogens is 1. The highest BCUT2D eigenvalue weighted by Gasteiger charge is 2.22. The van der Waals surface area contributed by atoms with Gasteiger partial charge in [0.15, 0.2) is 0 Å². The number of carbonyl (C=O) groups is 1. The van der Waals surface area contributed by atoms with E-state index in [2.05, 4.69) is 15.5 Å². The molecule has 1 aromatic carbocycles. The normalized spacial score (nSPS) is 19.3. The van der Waals surface area contributed by atoms with Gasteiger partial charge in [0.25, 0.3) is 0 Å². The van der Waals surface area contributed by atoms with Crippen molar-refractivity contribution in [3.05, 3.63) is 29.1 Å². The molecular weight excluding hydrogens is 245 g/mol. The van der Waals surface area contributed by atoms with Crippen molar-refractivity contribution in [1.29, 1.82) is 0 Å². The molecule has 0 spiro atoms. The lowest BCUT2D eigenvalue weighted by atomic mass is 10.0. The molecule has 2 heterocycles. The molecule has 3 rings (SSSR count). The van der Waals surface area contributed by atoms with Crippen molar-refractivity contribution in [2.45, 2.75) is 12.8 Å². The Kier molecular flexibility index (Phi) is 3.48. The van der Waals surface area contributed by atoms with Crippen molar-refractivity contribution in [3.63, 3.8) is 0 Å². The van der Waals surface area contributed by atoms with E-state index in [0.29, 0.717) is 12.1 Å². The van der Waals surface area contributed by atoms with Gasteiger partial charge in [-0.25, -0.2) is 4.39 Å². The number of fused-ring (bicyclic) bond motifs is 1. The predicted octanol–water partition coefficient (Wildman–Crippen LogP) is 0.768. The van der Waals surface area contributed by atoms with Gasteiger partial charge in [-0.15, -0.1) is 0 Å². The summed E-state index contributed by atoms with van der Waals surface area (Å²) in [6, 6.07) is 3.51. The Balaban J connectivity index is 1.67. The summed E-state index contributed by atoms with van der Waals surface area (Å²) in [5, 5.41) is 5.88. The number of piperazine rings is 1. The second-order valence-corrected chi connectivity index (χ2v) is 5.18. The van der Waals surface area contributed by atoms with Gasteiger partial charge in [-0.05, 0) is 23.6 Å². The first-order valence-corrected chi connectivity index (χ1v) is 6.76. The van der Waals surface area contributed by atoms with Crippen LogP contribution in [0.4, 0.5) is 10.1 Å². The molecule has 0 bridgehead atoms. The average Bonchev–Trinajstić information content (AvgIpc) is 2.79. The van der Waals surface area contributed by atoms with Crippen molar-refractivity contribution in [1.82, 2.24) is 10.2 Å². The Morgan fingerprint density at radius 1 is 1.26 bits per heavy atom. The lowest BCUT2D eigenvalue weighted by Gasteiger charge is -2.27. The Labute approximate surface area is 112 Å². The van der Waals surface area contributed by atoms with Crippen molar-refractivity contribution in [2.75, 3.05) is 38.0 Å². The number of benzene rings is 1. The minimum atomic E-state index is -0.307. The van der Waals surface area contributed by atoms with Gasteiger partial charge in [0.05, 0.1) is 12.1 Å². The molecule has 5 heteroatoms. The number of nitrogens with zero attached hydrogens (tertiary/aromatic N) is 1. The van der Waals surface area contributed by atoms with Gasteiger partial charge in [0.1, 0.15) is 5.82 Å². The molecule has 1 aromatic rings. The first-order valence-electron chi connectivity index (χ1n) is 6.76. The van der Waals surface area contributed by atoms with E-state index in [0.717, 1.165) is 50.3 Å². The molecule has 2 N–H and O–H groups in total. The summed E-state index contributed by atoms with van der Waals surface area (Å²) < 4.78 is 13.9. The van der Waals surface area contributed by atoms with E-state index in [1.165, 1.54) is 0 Å². The topological polar surface area (TPSA) is 44.4 Å². The smallest absolute Gasteiger partial charge is 0.228 e. The molecule has 19 heavy (non-hydrogen) atoms. The third-order valence-electron chi connectivity index (χ3n) is 3.77. The number of anilines is 1. The van der Waals surface area contributed by atoms with Crippen molar-refractivity contribution in [2.24, 2.45) is 0 Å². The van der Waals surface area contributed by atoms with Gasteiger partial charge in [0, 0.05) is 32.7 Å². The Morgan fingerprint density at radius 3 is 2.84 bits per heavy atom. The van der Waals surface area contributed by atoms with Gasteiger partial charge >= 0.3 is 0 Å². The first-order chi connectivity index (χ1) is 9.22. The largest absolute Gasteiger partial charge is 0.323 e. The van der Waals surface area contributed by atoms with Gasteiger partial charge in [0.2, 0.25) is 5.91 Å². The van der Waals surface area contributed by atoms with Crippen molar-refractivity contribution < 1.29 is 9.18 Å². The van der Waals surface area contributed by atoms with Crippen molar-refractivity contribution >= 4 is 11.6 Å². The fourth-order valence-corrected chi connectivity index (χ4v) is 2.73. The van der Waals surface area contributed by atoms with E-state index in [1.807, 2.05) is 6.07 Å². The Bertz CT molecular complexity index is 498. The minimum absolute atomic E-state index is 0.117. The molecule has 0 aromatic heterocycles. The third kappa shape index (κ3) is 2.77. The monoisotopic (exact) mass is 263 g/mol. The molecule has 0 radical (unpaired) electrons. The number of hydrogen-bond acceptors (Lipinski definition) is 3. The molecule has 0 aliphatic carbocycles. The van der Waals surface area contributed by atoms with Crippen LogP contribution in [0.2, 0.25) is 0 Å². The molecule has 2 aliphatic heterocycles. The lowest BCUT2D eigenvalue weighted by Crippen LogP contribution is -2.44. The molecule has 1 fully saturated rings. The summed E-state index contributed by atoms with van der Waals surface area (Å²) in [6.45, 7) is 5.09. The molecule has 0 unspecified atom stereocenters. The van der Waals surface area contributed by atoms with E-state index >= 15 is 0 Å². The fraction of sp³-hybridized carbons (Fsp3) is 0.500. The predicted molar refractivity (Wildman–Crippen MR) is 71.7 cm³/mol. The molecule has 2 aliphatic rings. The summed E-state index contributed by atoms with van der Waals surface area (Å²) in [6.07, 6.45) is 1.13. The second kappa shape index (κ2) is 5.27. The number of nitrogens with one attached hydrogen (secondary N) is 2. The van der Waals surface area contributed by atoms with E-state index in [4.69, 9.17) is 0 Å². The molecule has 4 nitrogen and oxygen atoms in total. The molecule has 0 saturated carbocycles. The van der Waals surface area contributed by atoms with Gasteiger partial charge in [-0.2, -0.15) is 0 Å². The van der Waals surface area contributed by atoms with E-state index in [-0.39, 0.29) is 11.7 Å². The maximum absolute atomic E-state index is 13.9. The number of carbonyl (C=O) groups excluding carboxylic acids is 1. The standard InChI is InChI=1S/C14H18FN3O/c15-12-8-10(1-4-18-5-2-16-3-6-18)7-11-9-13(19)17-14(11)12/h7-8,16H,1-6,9H2,(H,17,19). The highest BCUT2D eigenvalue weighted by atomic mass is 19.1. The van der Waals surface area contributed by atoms with Crippen LogP contribution in [-0.4, -0.2) is 43.5 Å². The van der Waals surface area contributed by atoms with Crippen LogP contribution < -0.4 is 10.6 Å². The third-order valence-corrected chi connectivity index (χ3v) is 3.77. The number of amides is 1. The Morgan fingerprint density at radius 2 is 2.05 bits per heavy atom. The van der Waals surface area contributed by atoms with E-state index in [1.54, 1.807) is 6.07 Å². The quantitative estimate of drug-likeness (QED) is 0.846. The first kappa shape index (κ1) is 12.6. The summed E-state index contributed by atoms with van der Waals surface area (Å²) in [5.41, 5.74) is 2.14. The summed E-state index contributed by atoms with van der Waals surface area (Å²) >= 11 is 0. The van der Waals surface area contributed by atoms with Gasteiger partial charge in [-0.3, -0.25) is 4.79 Å². The zero-order valence-corrected chi connectivity index (χ0v) is 10.8. The molecule has 102 valence electrons. The Hall–Kier alpha value is -1.46. The highest BCUT2D eigenvalue weighted by Crippen LogP contribution is 2.27. The lowest BCUT2D eigenvalue weighted by molar-refractivity contribution is -0.115. The minimum Gasteiger partial charge on any atom is -0.323 e. The summed E-state index contributed by atoms with van der Waals surface area (Å²) in [5.74, 6) is -0.424. The molecule has 1 amide bonds. The maximum Gasteiger partial charge on any atom is 0.228 e. The van der Waals surface area contributed by atoms with Crippen LogP contribution in [0.5, 0.6) is 0 Å². The van der Waals surface area contributed by atoms with E-state index in [9.17, 15) is 9.18 Å². The van der Waals surface area contributed by atoms with Gasteiger partial charge < -0.3 is 15.5 Å². The van der Waals surface area contributed by atoms with Crippen LogP contribution in [0.3, 0.4) is 0 Å². The van der Waals surface area contributed by atoms with Crippen LogP contribution >= 0.6 is 0 Å². The summed E-state index contributed by atoms with van der Waals surface area (Å²) in [7, 11) is 0. The van der Waals surface area contributed by atoms with Crippen LogP contribution in [0, 0.1) is 5.82 Å².